The first kappa shape index (κ1) is 19.3. The van der Waals surface area contributed by atoms with Gasteiger partial charge in [0.15, 0.2) is 0 Å². The number of carbonyl (C=O) groups excluding carboxylic acids is 1. The molecule has 0 aromatic heterocycles. The van der Waals surface area contributed by atoms with Crippen LogP contribution in [-0.4, -0.2) is 35.7 Å². The first-order valence-corrected chi connectivity index (χ1v) is 8.58. The zero-order valence-corrected chi connectivity index (χ0v) is 15.3. The smallest absolute Gasteiger partial charge is 0.240 e. The average Bonchev–Trinajstić information content (AvgIpc) is 2.92. The predicted octanol–water partition coefficient (Wildman–Crippen LogP) is 3.42. The van der Waals surface area contributed by atoms with Gasteiger partial charge in [0.1, 0.15) is 0 Å². The van der Waals surface area contributed by atoms with Crippen LogP contribution in [0.3, 0.4) is 0 Å². The van der Waals surface area contributed by atoms with E-state index in [2.05, 4.69) is 24.3 Å². The lowest BCUT2D eigenvalue weighted by Crippen LogP contribution is -2.49. The molecule has 3 nitrogen and oxygen atoms in total. The molecule has 2 N–H and O–H groups in total. The number of nitrogens with zero attached hydrogens (tertiary/aromatic N) is 1. The molecule has 0 spiro atoms. The van der Waals surface area contributed by atoms with E-state index in [0.29, 0.717) is 5.92 Å². The average molecular weight is 343 g/mol. The minimum atomic E-state index is -0.405. The predicted molar refractivity (Wildman–Crippen MR) is 96.5 cm³/mol. The second-order valence-corrected chi connectivity index (χ2v) is 8.00. The van der Waals surface area contributed by atoms with Crippen molar-refractivity contribution in [2.45, 2.75) is 38.1 Å². The van der Waals surface area contributed by atoms with Crippen molar-refractivity contribution in [3.63, 3.8) is 0 Å². The number of benzene rings is 1. The quantitative estimate of drug-likeness (QED) is 0.853. The second kappa shape index (κ2) is 8.23. The minimum Gasteiger partial charge on any atom is -0.341 e. The van der Waals surface area contributed by atoms with E-state index in [0.717, 1.165) is 25.3 Å². The Balaban J connectivity index is 0.00000242. The summed E-state index contributed by atoms with van der Waals surface area (Å²) in [6.07, 6.45) is 1.09. The molecule has 1 aromatic carbocycles. The van der Waals surface area contributed by atoms with Crippen molar-refractivity contribution in [2.24, 2.45) is 17.1 Å². The van der Waals surface area contributed by atoms with E-state index in [1.807, 2.05) is 43.5 Å². The minimum absolute atomic E-state index is 0. The van der Waals surface area contributed by atoms with Gasteiger partial charge in [-0.15, -0.1) is 24.2 Å². The van der Waals surface area contributed by atoms with Gasteiger partial charge in [0.05, 0.1) is 6.04 Å². The molecule has 2 atom stereocenters. The van der Waals surface area contributed by atoms with E-state index in [1.54, 1.807) is 0 Å². The highest BCUT2D eigenvalue weighted by molar-refractivity contribution is 7.99. The summed E-state index contributed by atoms with van der Waals surface area (Å²) in [4.78, 5) is 15.7. The van der Waals surface area contributed by atoms with E-state index in [4.69, 9.17) is 5.73 Å². The first-order chi connectivity index (χ1) is 9.88. The Morgan fingerprint density at radius 2 is 2.00 bits per heavy atom. The van der Waals surface area contributed by atoms with Gasteiger partial charge in [-0.05, 0) is 29.9 Å². The van der Waals surface area contributed by atoms with E-state index < -0.39 is 6.04 Å². The van der Waals surface area contributed by atoms with Crippen molar-refractivity contribution in [3.8, 4) is 0 Å². The summed E-state index contributed by atoms with van der Waals surface area (Å²) >= 11 is 1.88. The van der Waals surface area contributed by atoms with Crippen molar-refractivity contribution in [2.75, 3.05) is 18.8 Å². The molecule has 124 valence electrons. The normalized spacial score (nSPS) is 19.6. The molecule has 0 aliphatic carbocycles. The molecule has 1 aromatic rings. The van der Waals surface area contributed by atoms with E-state index >= 15 is 0 Å². The standard InChI is InChI=1S/C17H26N2OS.ClH/c1-17(2,3)15(18)16(20)19-10-9-13(11-19)12-21-14-7-5-4-6-8-14;/h4-8,13,15H,9-12,18H2,1-3H3;1H/t13?,15-;/m1./s1. The summed E-state index contributed by atoms with van der Waals surface area (Å²) in [5.74, 6) is 1.75. The number of likely N-dealkylation sites (tertiary alicyclic amines) is 1. The van der Waals surface area contributed by atoms with Gasteiger partial charge >= 0.3 is 0 Å². The number of thioether (sulfide) groups is 1. The highest BCUT2D eigenvalue weighted by atomic mass is 35.5. The molecule has 1 aliphatic rings. The summed E-state index contributed by atoms with van der Waals surface area (Å²) in [5, 5.41) is 0. The van der Waals surface area contributed by atoms with Gasteiger partial charge in [-0.1, -0.05) is 39.0 Å². The molecule has 0 radical (unpaired) electrons. The van der Waals surface area contributed by atoms with E-state index in [1.165, 1.54) is 4.90 Å². The number of halogens is 1. The van der Waals surface area contributed by atoms with Crippen molar-refractivity contribution < 1.29 is 4.79 Å². The number of rotatable bonds is 4. The van der Waals surface area contributed by atoms with Crippen molar-refractivity contribution >= 4 is 30.1 Å². The molecule has 1 fully saturated rings. The zero-order valence-electron chi connectivity index (χ0n) is 13.6. The summed E-state index contributed by atoms with van der Waals surface area (Å²) in [5.41, 5.74) is 5.92. The van der Waals surface area contributed by atoms with Crippen LogP contribution in [0.1, 0.15) is 27.2 Å². The van der Waals surface area contributed by atoms with Crippen LogP contribution in [0, 0.1) is 11.3 Å². The molecule has 2 rings (SSSR count). The van der Waals surface area contributed by atoms with Crippen molar-refractivity contribution in [1.29, 1.82) is 0 Å². The first-order valence-electron chi connectivity index (χ1n) is 7.60. The number of hydrogen-bond donors (Lipinski definition) is 1. The number of nitrogens with two attached hydrogens (primary N) is 1. The fourth-order valence-corrected chi connectivity index (χ4v) is 3.52. The van der Waals surface area contributed by atoms with Crippen molar-refractivity contribution in [1.82, 2.24) is 4.90 Å². The second-order valence-electron chi connectivity index (χ2n) is 6.91. The van der Waals surface area contributed by atoms with E-state index in [-0.39, 0.29) is 23.7 Å². The molecular formula is C17H27ClN2OS. The zero-order chi connectivity index (χ0) is 15.5. The SMILES string of the molecule is CC(C)(C)[C@H](N)C(=O)N1CCC(CSc2ccccc2)C1.Cl. The molecule has 1 heterocycles. The molecule has 1 amide bonds. The van der Waals surface area contributed by atoms with Crippen LogP contribution in [0.5, 0.6) is 0 Å². The van der Waals surface area contributed by atoms with Crippen LogP contribution in [-0.2, 0) is 4.79 Å². The maximum Gasteiger partial charge on any atom is 0.240 e. The number of hydrogen-bond acceptors (Lipinski definition) is 3. The van der Waals surface area contributed by atoms with Gasteiger partial charge < -0.3 is 10.6 Å². The topological polar surface area (TPSA) is 46.3 Å². The van der Waals surface area contributed by atoms with Crippen LogP contribution in [0.4, 0.5) is 0 Å². The van der Waals surface area contributed by atoms with Crippen LogP contribution in [0.25, 0.3) is 0 Å². The van der Waals surface area contributed by atoms with Crippen LogP contribution >= 0.6 is 24.2 Å². The van der Waals surface area contributed by atoms with E-state index in [9.17, 15) is 4.79 Å². The molecule has 0 saturated carbocycles. The molecule has 1 aliphatic heterocycles. The van der Waals surface area contributed by atoms with Crippen LogP contribution in [0.15, 0.2) is 35.2 Å². The van der Waals surface area contributed by atoms with Gasteiger partial charge in [0, 0.05) is 23.7 Å². The molecule has 1 saturated heterocycles. The molecule has 0 bridgehead atoms. The molecule has 1 unspecified atom stereocenters. The van der Waals surface area contributed by atoms with Crippen molar-refractivity contribution in [3.05, 3.63) is 30.3 Å². The van der Waals surface area contributed by atoms with Gasteiger partial charge in [0.25, 0.3) is 0 Å². The Morgan fingerprint density at radius 3 is 2.59 bits per heavy atom. The molecular weight excluding hydrogens is 316 g/mol. The number of carbonyl (C=O) groups is 1. The lowest BCUT2D eigenvalue weighted by atomic mass is 9.86. The number of amides is 1. The van der Waals surface area contributed by atoms with Gasteiger partial charge in [-0.25, -0.2) is 0 Å². The summed E-state index contributed by atoms with van der Waals surface area (Å²) in [7, 11) is 0. The Kier molecular flexibility index (Phi) is 7.23. The third-order valence-electron chi connectivity index (χ3n) is 4.03. The Bertz CT molecular complexity index is 475. The Hall–Kier alpha value is -0.710. The lowest BCUT2D eigenvalue weighted by molar-refractivity contribution is -0.134. The monoisotopic (exact) mass is 342 g/mol. The lowest BCUT2D eigenvalue weighted by Gasteiger charge is -2.30. The Labute approximate surface area is 144 Å². The third-order valence-corrected chi connectivity index (χ3v) is 5.27. The fourth-order valence-electron chi connectivity index (χ4n) is 2.47. The summed E-state index contributed by atoms with van der Waals surface area (Å²) < 4.78 is 0. The molecule has 5 heteroatoms. The van der Waals surface area contributed by atoms with Gasteiger partial charge in [-0.2, -0.15) is 0 Å². The van der Waals surface area contributed by atoms with Crippen LogP contribution < -0.4 is 5.73 Å². The van der Waals surface area contributed by atoms with Crippen LogP contribution in [0.2, 0.25) is 0 Å². The fraction of sp³-hybridized carbons (Fsp3) is 0.588. The van der Waals surface area contributed by atoms with Gasteiger partial charge in [-0.3, -0.25) is 4.79 Å². The highest BCUT2D eigenvalue weighted by Crippen LogP contribution is 2.27. The van der Waals surface area contributed by atoms with Gasteiger partial charge in [0.2, 0.25) is 5.91 Å². The highest BCUT2D eigenvalue weighted by Gasteiger charge is 2.34. The third kappa shape index (κ3) is 5.18. The largest absolute Gasteiger partial charge is 0.341 e. The summed E-state index contributed by atoms with van der Waals surface area (Å²) in [6, 6.07) is 10.0. The maximum absolute atomic E-state index is 12.4. The Morgan fingerprint density at radius 1 is 1.36 bits per heavy atom. The maximum atomic E-state index is 12.4. The summed E-state index contributed by atoms with van der Waals surface area (Å²) in [6.45, 7) is 7.77. The molecule has 22 heavy (non-hydrogen) atoms.